The van der Waals surface area contributed by atoms with Crippen molar-refractivity contribution in [1.29, 1.82) is 0 Å². The maximum atomic E-state index is 11.4. The van der Waals surface area contributed by atoms with Gasteiger partial charge >= 0.3 is 12.0 Å². The SMILES string of the molecule is CCOc1ncc(Nc2cc(C(C)(C)CC(=O)O)ccc2N(CC)C2CCOCC2)cn1. The largest absolute Gasteiger partial charge is 0.481 e. The third kappa shape index (κ3) is 5.88. The summed E-state index contributed by atoms with van der Waals surface area (Å²) in [5, 5.41) is 12.8. The monoisotopic (exact) mass is 442 g/mol. The third-order valence-corrected chi connectivity index (χ3v) is 5.83. The zero-order valence-corrected chi connectivity index (χ0v) is 19.4. The average Bonchev–Trinajstić information content (AvgIpc) is 2.76. The molecule has 2 N–H and O–H groups in total. The van der Waals surface area contributed by atoms with Crippen molar-refractivity contribution in [2.45, 2.75) is 58.4 Å². The van der Waals surface area contributed by atoms with Crippen molar-refractivity contribution in [3.05, 3.63) is 36.2 Å². The lowest BCUT2D eigenvalue weighted by molar-refractivity contribution is -0.138. The second-order valence-corrected chi connectivity index (χ2v) is 8.63. The molecule has 8 nitrogen and oxygen atoms in total. The number of rotatable bonds is 10. The van der Waals surface area contributed by atoms with Crippen LogP contribution in [-0.4, -0.2) is 53.5 Å². The molecule has 1 fully saturated rings. The normalized spacial score (nSPS) is 14.8. The first-order valence-electron chi connectivity index (χ1n) is 11.3. The molecule has 0 saturated carbocycles. The van der Waals surface area contributed by atoms with E-state index in [1.807, 2.05) is 26.8 Å². The predicted molar refractivity (Wildman–Crippen MR) is 125 cm³/mol. The lowest BCUT2D eigenvalue weighted by Gasteiger charge is -2.37. The minimum Gasteiger partial charge on any atom is -0.481 e. The minimum atomic E-state index is -0.814. The Bertz CT molecular complexity index is 895. The van der Waals surface area contributed by atoms with E-state index in [0.717, 1.165) is 55.2 Å². The highest BCUT2D eigenvalue weighted by molar-refractivity contribution is 5.77. The van der Waals surface area contributed by atoms with E-state index in [-0.39, 0.29) is 6.42 Å². The van der Waals surface area contributed by atoms with Gasteiger partial charge in [0.2, 0.25) is 0 Å². The zero-order valence-electron chi connectivity index (χ0n) is 19.4. The average molecular weight is 443 g/mol. The van der Waals surface area contributed by atoms with Gasteiger partial charge in [-0.2, -0.15) is 0 Å². The number of hydrogen-bond acceptors (Lipinski definition) is 7. The van der Waals surface area contributed by atoms with Gasteiger partial charge in [0.05, 0.1) is 42.5 Å². The van der Waals surface area contributed by atoms with Gasteiger partial charge in [-0.05, 0) is 44.4 Å². The van der Waals surface area contributed by atoms with Crippen LogP contribution in [-0.2, 0) is 14.9 Å². The van der Waals surface area contributed by atoms with Gasteiger partial charge in [-0.1, -0.05) is 19.9 Å². The van der Waals surface area contributed by atoms with Crippen LogP contribution in [0.15, 0.2) is 30.6 Å². The van der Waals surface area contributed by atoms with E-state index < -0.39 is 11.4 Å². The highest BCUT2D eigenvalue weighted by atomic mass is 16.5. The number of nitrogens with one attached hydrogen (secondary N) is 1. The number of anilines is 3. The molecule has 0 amide bonds. The fourth-order valence-corrected chi connectivity index (χ4v) is 4.15. The summed E-state index contributed by atoms with van der Waals surface area (Å²) in [6.07, 6.45) is 5.40. The van der Waals surface area contributed by atoms with Crippen LogP contribution in [0.4, 0.5) is 17.1 Å². The van der Waals surface area contributed by atoms with Gasteiger partial charge in [0, 0.05) is 31.2 Å². The Morgan fingerprint density at radius 2 is 1.94 bits per heavy atom. The summed E-state index contributed by atoms with van der Waals surface area (Å²) >= 11 is 0. The van der Waals surface area contributed by atoms with Crippen LogP contribution >= 0.6 is 0 Å². The molecular weight excluding hydrogens is 408 g/mol. The van der Waals surface area contributed by atoms with Crippen LogP contribution in [0.25, 0.3) is 0 Å². The second kappa shape index (κ2) is 10.6. The molecule has 1 aliphatic rings. The first kappa shape index (κ1) is 23.8. The Morgan fingerprint density at radius 1 is 1.25 bits per heavy atom. The van der Waals surface area contributed by atoms with Gasteiger partial charge < -0.3 is 24.8 Å². The number of aliphatic carboxylic acids is 1. The minimum absolute atomic E-state index is 0.0510. The molecule has 0 bridgehead atoms. The summed E-state index contributed by atoms with van der Waals surface area (Å²) in [4.78, 5) is 22.3. The molecule has 0 atom stereocenters. The van der Waals surface area contributed by atoms with Gasteiger partial charge in [0.1, 0.15) is 0 Å². The fraction of sp³-hybridized carbons (Fsp3) is 0.542. The number of ether oxygens (including phenoxy) is 2. The van der Waals surface area contributed by atoms with Crippen molar-refractivity contribution >= 4 is 23.0 Å². The van der Waals surface area contributed by atoms with Crippen LogP contribution in [0.3, 0.4) is 0 Å². The highest BCUT2D eigenvalue weighted by Crippen LogP contribution is 2.37. The lowest BCUT2D eigenvalue weighted by atomic mass is 9.81. The Kier molecular flexibility index (Phi) is 7.90. The number of benzene rings is 1. The molecule has 32 heavy (non-hydrogen) atoms. The standard InChI is InChI=1S/C24H34N4O4/c1-5-28(19-9-11-31-12-10-19)21-8-7-17(24(3,4)14-22(29)30)13-20(21)27-18-15-25-23(26-16-18)32-6-2/h7-8,13,15-16,19,27H,5-6,9-12,14H2,1-4H3,(H,29,30). The maximum Gasteiger partial charge on any atom is 0.316 e. The Morgan fingerprint density at radius 3 is 2.53 bits per heavy atom. The molecule has 1 aromatic carbocycles. The molecule has 8 heteroatoms. The van der Waals surface area contributed by atoms with Crippen molar-refractivity contribution in [2.24, 2.45) is 0 Å². The number of carboxylic acids is 1. The number of aromatic nitrogens is 2. The van der Waals surface area contributed by atoms with E-state index in [1.165, 1.54) is 0 Å². The number of carbonyl (C=O) groups is 1. The third-order valence-electron chi connectivity index (χ3n) is 5.83. The summed E-state index contributed by atoms with van der Waals surface area (Å²) in [5.41, 5.74) is 3.17. The summed E-state index contributed by atoms with van der Waals surface area (Å²) in [6, 6.07) is 6.92. The molecule has 174 valence electrons. The zero-order chi connectivity index (χ0) is 23.1. The maximum absolute atomic E-state index is 11.4. The summed E-state index contributed by atoms with van der Waals surface area (Å²) < 4.78 is 10.9. The van der Waals surface area contributed by atoms with Crippen molar-refractivity contribution in [2.75, 3.05) is 36.6 Å². The number of carboxylic acid groups (broad SMARTS) is 1. The Labute approximate surface area is 190 Å². The molecule has 0 radical (unpaired) electrons. The number of nitrogens with zero attached hydrogens (tertiary/aromatic N) is 3. The smallest absolute Gasteiger partial charge is 0.316 e. The molecule has 0 spiro atoms. The molecule has 2 aromatic rings. The molecule has 2 heterocycles. The summed E-state index contributed by atoms with van der Waals surface area (Å²) in [6.45, 7) is 10.8. The summed E-state index contributed by atoms with van der Waals surface area (Å²) in [7, 11) is 0. The van der Waals surface area contributed by atoms with Gasteiger partial charge in [-0.25, -0.2) is 9.97 Å². The first-order chi connectivity index (χ1) is 15.3. The van der Waals surface area contributed by atoms with Gasteiger partial charge in [-0.15, -0.1) is 0 Å². The quantitative estimate of drug-likeness (QED) is 0.560. The molecular formula is C24H34N4O4. The molecule has 0 unspecified atom stereocenters. The van der Waals surface area contributed by atoms with E-state index >= 15 is 0 Å². The fourth-order valence-electron chi connectivity index (χ4n) is 4.15. The van der Waals surface area contributed by atoms with Crippen LogP contribution < -0.4 is 15.0 Å². The molecule has 0 aliphatic carbocycles. The predicted octanol–water partition coefficient (Wildman–Crippen LogP) is 4.38. The Balaban J connectivity index is 1.98. The van der Waals surface area contributed by atoms with E-state index in [1.54, 1.807) is 12.4 Å². The number of hydrogen-bond donors (Lipinski definition) is 2. The Hall–Kier alpha value is -2.87. The molecule has 1 aromatic heterocycles. The van der Waals surface area contributed by atoms with Crippen molar-refractivity contribution in [3.63, 3.8) is 0 Å². The van der Waals surface area contributed by atoms with Crippen LogP contribution in [0.1, 0.15) is 52.5 Å². The van der Waals surface area contributed by atoms with E-state index in [0.29, 0.717) is 18.7 Å². The molecule has 1 aliphatic heterocycles. The van der Waals surface area contributed by atoms with Crippen LogP contribution in [0.5, 0.6) is 6.01 Å². The van der Waals surface area contributed by atoms with E-state index in [9.17, 15) is 9.90 Å². The topological polar surface area (TPSA) is 96.8 Å². The van der Waals surface area contributed by atoms with Crippen LogP contribution in [0.2, 0.25) is 0 Å². The van der Waals surface area contributed by atoms with Gasteiger partial charge in [-0.3, -0.25) is 4.79 Å². The molecule has 3 rings (SSSR count). The van der Waals surface area contributed by atoms with Crippen LogP contribution in [0, 0.1) is 0 Å². The highest BCUT2D eigenvalue weighted by Gasteiger charge is 2.27. The second-order valence-electron chi connectivity index (χ2n) is 8.63. The van der Waals surface area contributed by atoms with Gasteiger partial charge in [0.25, 0.3) is 0 Å². The molecule has 1 saturated heterocycles. The van der Waals surface area contributed by atoms with Crippen molar-refractivity contribution in [1.82, 2.24) is 9.97 Å². The van der Waals surface area contributed by atoms with E-state index in [4.69, 9.17) is 9.47 Å². The van der Waals surface area contributed by atoms with E-state index in [2.05, 4.69) is 39.2 Å². The van der Waals surface area contributed by atoms with Crippen molar-refractivity contribution < 1.29 is 19.4 Å². The lowest BCUT2D eigenvalue weighted by Crippen LogP contribution is -2.39. The van der Waals surface area contributed by atoms with Crippen molar-refractivity contribution in [3.8, 4) is 6.01 Å². The summed E-state index contributed by atoms with van der Waals surface area (Å²) in [5.74, 6) is -0.814. The van der Waals surface area contributed by atoms with Gasteiger partial charge in [0.15, 0.2) is 0 Å². The first-order valence-corrected chi connectivity index (χ1v) is 11.3.